The number of H-pyrrole nitrogens is 2. The van der Waals surface area contributed by atoms with Gasteiger partial charge < -0.3 is 10.3 Å². The van der Waals surface area contributed by atoms with Crippen molar-refractivity contribution in [3.8, 4) is 0 Å². The van der Waals surface area contributed by atoms with Gasteiger partial charge in [0, 0.05) is 23.9 Å². The summed E-state index contributed by atoms with van der Waals surface area (Å²) < 4.78 is 0. The Morgan fingerprint density at radius 2 is 2.14 bits per heavy atom. The zero-order chi connectivity index (χ0) is 15.1. The number of aryl methyl sites for hydroxylation is 3. The first-order valence-electron chi connectivity index (χ1n) is 7.78. The van der Waals surface area contributed by atoms with Crippen LogP contribution in [-0.4, -0.2) is 27.1 Å². The molecular formula is C16H18N4O2. The Morgan fingerprint density at radius 3 is 3.05 bits per heavy atom. The highest BCUT2D eigenvalue weighted by atomic mass is 16.2. The summed E-state index contributed by atoms with van der Waals surface area (Å²) >= 11 is 0. The Labute approximate surface area is 127 Å². The van der Waals surface area contributed by atoms with Gasteiger partial charge in [0.25, 0.3) is 11.5 Å². The van der Waals surface area contributed by atoms with Crippen LogP contribution in [0.4, 0.5) is 0 Å². The van der Waals surface area contributed by atoms with Crippen molar-refractivity contribution in [2.45, 2.75) is 44.6 Å². The van der Waals surface area contributed by atoms with Crippen molar-refractivity contribution in [1.29, 1.82) is 0 Å². The van der Waals surface area contributed by atoms with E-state index in [-0.39, 0.29) is 23.1 Å². The maximum atomic E-state index is 12.4. The highest BCUT2D eigenvalue weighted by Gasteiger charge is 2.24. The van der Waals surface area contributed by atoms with Crippen molar-refractivity contribution in [1.82, 2.24) is 20.5 Å². The molecule has 0 unspecified atom stereocenters. The zero-order valence-corrected chi connectivity index (χ0v) is 12.2. The SMILES string of the molecule is O=C(N[C@H]1CCc2cn[nH]c2C1)c1cc2c([nH]c1=O)CCC2. The molecule has 2 aromatic heterocycles. The molecule has 0 aromatic carbocycles. The predicted octanol–water partition coefficient (Wildman–Crippen LogP) is 0.874. The lowest BCUT2D eigenvalue weighted by atomic mass is 9.93. The van der Waals surface area contributed by atoms with Crippen molar-refractivity contribution >= 4 is 5.91 Å². The van der Waals surface area contributed by atoms with Gasteiger partial charge in [-0.25, -0.2) is 0 Å². The molecule has 0 spiro atoms. The van der Waals surface area contributed by atoms with E-state index in [2.05, 4.69) is 20.5 Å². The third-order valence-electron chi connectivity index (χ3n) is 4.69. The van der Waals surface area contributed by atoms with Gasteiger partial charge >= 0.3 is 0 Å². The summed E-state index contributed by atoms with van der Waals surface area (Å²) in [5.74, 6) is -0.274. The highest BCUT2D eigenvalue weighted by molar-refractivity contribution is 5.94. The molecule has 0 radical (unpaired) electrons. The molecule has 0 saturated carbocycles. The highest BCUT2D eigenvalue weighted by Crippen LogP contribution is 2.20. The molecule has 2 aromatic rings. The molecule has 2 heterocycles. The second kappa shape index (κ2) is 5.12. The number of aromatic amines is 2. The number of nitrogens with one attached hydrogen (secondary N) is 3. The molecule has 0 saturated heterocycles. The Balaban J connectivity index is 1.52. The Hall–Kier alpha value is -2.37. The maximum Gasteiger partial charge on any atom is 0.261 e. The summed E-state index contributed by atoms with van der Waals surface area (Å²) in [4.78, 5) is 27.4. The third kappa shape index (κ3) is 2.24. The van der Waals surface area contributed by atoms with E-state index in [1.165, 1.54) is 5.56 Å². The van der Waals surface area contributed by atoms with Gasteiger partial charge in [-0.15, -0.1) is 0 Å². The molecule has 6 heteroatoms. The molecule has 1 atom stereocenters. The van der Waals surface area contributed by atoms with Crippen LogP contribution in [0.5, 0.6) is 0 Å². The zero-order valence-electron chi connectivity index (χ0n) is 12.2. The van der Waals surface area contributed by atoms with Crippen LogP contribution in [0.1, 0.15) is 45.7 Å². The lowest BCUT2D eigenvalue weighted by Crippen LogP contribution is -2.41. The van der Waals surface area contributed by atoms with Gasteiger partial charge in [0.2, 0.25) is 0 Å². The largest absolute Gasteiger partial charge is 0.349 e. The number of carbonyl (C=O) groups is 1. The van der Waals surface area contributed by atoms with Gasteiger partial charge in [-0.3, -0.25) is 14.7 Å². The molecule has 22 heavy (non-hydrogen) atoms. The number of carbonyl (C=O) groups excluding carboxylic acids is 1. The van der Waals surface area contributed by atoms with Crippen LogP contribution in [0.2, 0.25) is 0 Å². The molecule has 6 nitrogen and oxygen atoms in total. The van der Waals surface area contributed by atoms with E-state index in [1.807, 2.05) is 6.20 Å². The quantitative estimate of drug-likeness (QED) is 0.768. The summed E-state index contributed by atoms with van der Waals surface area (Å²) in [5, 5.41) is 10.0. The van der Waals surface area contributed by atoms with E-state index in [9.17, 15) is 9.59 Å². The maximum absolute atomic E-state index is 12.4. The van der Waals surface area contributed by atoms with E-state index in [0.717, 1.165) is 55.5 Å². The van der Waals surface area contributed by atoms with Crippen LogP contribution < -0.4 is 10.9 Å². The molecule has 0 bridgehead atoms. The summed E-state index contributed by atoms with van der Waals surface area (Å²) in [7, 11) is 0. The average molecular weight is 298 g/mol. The van der Waals surface area contributed by atoms with Gasteiger partial charge in [0.15, 0.2) is 0 Å². The van der Waals surface area contributed by atoms with Crippen LogP contribution in [0.25, 0.3) is 0 Å². The molecule has 4 rings (SSSR count). The van der Waals surface area contributed by atoms with Gasteiger partial charge in [0.1, 0.15) is 5.56 Å². The summed E-state index contributed by atoms with van der Waals surface area (Å²) in [6.45, 7) is 0. The van der Waals surface area contributed by atoms with E-state index in [0.29, 0.717) is 0 Å². The summed E-state index contributed by atoms with van der Waals surface area (Å²) in [5.41, 5.74) is 4.35. The molecule has 114 valence electrons. The van der Waals surface area contributed by atoms with Crippen LogP contribution in [0.3, 0.4) is 0 Å². The van der Waals surface area contributed by atoms with Gasteiger partial charge in [-0.2, -0.15) is 5.10 Å². The monoisotopic (exact) mass is 298 g/mol. The normalized spacial score (nSPS) is 19.5. The number of hydrogen-bond acceptors (Lipinski definition) is 3. The third-order valence-corrected chi connectivity index (χ3v) is 4.69. The lowest BCUT2D eigenvalue weighted by molar-refractivity contribution is 0.0932. The molecule has 2 aliphatic carbocycles. The average Bonchev–Trinajstić information content (AvgIpc) is 3.13. The first kappa shape index (κ1) is 13.3. The molecule has 2 aliphatic rings. The van der Waals surface area contributed by atoms with E-state index in [4.69, 9.17) is 0 Å². The van der Waals surface area contributed by atoms with Crippen molar-refractivity contribution < 1.29 is 4.79 Å². The number of amides is 1. The number of aromatic nitrogens is 3. The first-order chi connectivity index (χ1) is 10.7. The molecule has 1 amide bonds. The molecule has 0 aliphatic heterocycles. The van der Waals surface area contributed by atoms with Crippen molar-refractivity contribution in [2.75, 3.05) is 0 Å². The van der Waals surface area contributed by atoms with Gasteiger partial charge in [0.05, 0.1) is 6.20 Å². The fraction of sp³-hybridized carbons (Fsp3) is 0.438. The van der Waals surface area contributed by atoms with Crippen LogP contribution in [0.15, 0.2) is 17.1 Å². The summed E-state index contributed by atoms with van der Waals surface area (Å²) in [6, 6.07) is 1.81. The van der Waals surface area contributed by atoms with Crippen LogP contribution in [-0.2, 0) is 25.7 Å². The Morgan fingerprint density at radius 1 is 1.23 bits per heavy atom. The Kier molecular flexibility index (Phi) is 3.10. The topological polar surface area (TPSA) is 90.6 Å². The predicted molar refractivity (Wildman–Crippen MR) is 81.0 cm³/mol. The minimum atomic E-state index is -0.281. The standard InChI is InChI=1S/C16H18N4O2/c21-15(12-6-9-2-1-3-13(9)19-16(12)22)18-11-5-4-10-8-17-20-14(10)7-11/h6,8,11H,1-5,7H2,(H,17,20)(H,18,21)(H,19,22)/t11-/m0/s1. The number of rotatable bonds is 2. The van der Waals surface area contributed by atoms with Gasteiger partial charge in [-0.05, 0) is 49.3 Å². The van der Waals surface area contributed by atoms with E-state index >= 15 is 0 Å². The first-order valence-corrected chi connectivity index (χ1v) is 7.78. The second-order valence-electron chi connectivity index (χ2n) is 6.16. The second-order valence-corrected chi connectivity index (χ2v) is 6.16. The number of fused-ring (bicyclic) bond motifs is 2. The molecule has 0 fully saturated rings. The molecular weight excluding hydrogens is 280 g/mol. The van der Waals surface area contributed by atoms with Crippen molar-refractivity contribution in [3.05, 3.63) is 50.7 Å². The van der Waals surface area contributed by atoms with Crippen molar-refractivity contribution in [2.24, 2.45) is 0 Å². The lowest BCUT2D eigenvalue weighted by Gasteiger charge is -2.22. The van der Waals surface area contributed by atoms with Crippen molar-refractivity contribution in [3.63, 3.8) is 0 Å². The summed E-state index contributed by atoms with van der Waals surface area (Å²) in [6.07, 6.45) is 7.24. The fourth-order valence-corrected chi connectivity index (χ4v) is 3.48. The smallest absolute Gasteiger partial charge is 0.261 e. The molecule has 3 N–H and O–H groups in total. The minimum Gasteiger partial charge on any atom is -0.349 e. The number of hydrogen-bond donors (Lipinski definition) is 3. The Bertz CT molecular complexity index is 790. The minimum absolute atomic E-state index is 0.0492. The number of nitrogens with zero attached hydrogens (tertiary/aromatic N) is 1. The van der Waals surface area contributed by atoms with Crippen LogP contribution in [0, 0.1) is 0 Å². The number of pyridine rings is 1. The van der Waals surface area contributed by atoms with E-state index in [1.54, 1.807) is 6.07 Å². The van der Waals surface area contributed by atoms with Gasteiger partial charge in [-0.1, -0.05) is 0 Å². The fourth-order valence-electron chi connectivity index (χ4n) is 3.48. The van der Waals surface area contributed by atoms with E-state index < -0.39 is 0 Å². The van der Waals surface area contributed by atoms with Crippen LogP contribution >= 0.6 is 0 Å².